The summed E-state index contributed by atoms with van der Waals surface area (Å²) in [7, 11) is 1.57. The Hall–Kier alpha value is -4.02. The predicted molar refractivity (Wildman–Crippen MR) is 150 cm³/mol. The lowest BCUT2D eigenvalue weighted by atomic mass is 9.98. The molecule has 0 spiro atoms. The number of amides is 3. The van der Waals surface area contributed by atoms with Crippen LogP contribution in [0, 0.1) is 6.92 Å². The van der Waals surface area contributed by atoms with E-state index in [0.29, 0.717) is 49.9 Å². The highest BCUT2D eigenvalue weighted by atomic mass is 16.6. The fourth-order valence-corrected chi connectivity index (χ4v) is 5.37. The molecule has 0 saturated carbocycles. The molecule has 11 heteroatoms. The van der Waals surface area contributed by atoms with Crippen LogP contribution in [0.2, 0.25) is 0 Å². The second-order valence-corrected chi connectivity index (χ2v) is 11.7. The summed E-state index contributed by atoms with van der Waals surface area (Å²) in [4.78, 5) is 41.1. The number of aromatic nitrogens is 3. The number of carbonyl (C=O) groups excluding carboxylic acids is 2. The van der Waals surface area contributed by atoms with Gasteiger partial charge in [-0.25, -0.2) is 19.6 Å². The molecule has 2 aliphatic rings. The number of urea groups is 1. The van der Waals surface area contributed by atoms with E-state index in [4.69, 9.17) is 9.47 Å². The van der Waals surface area contributed by atoms with Crippen LogP contribution >= 0.6 is 0 Å². The van der Waals surface area contributed by atoms with E-state index in [1.165, 1.54) is 0 Å². The summed E-state index contributed by atoms with van der Waals surface area (Å²) in [5.41, 5.74) is 3.26. The summed E-state index contributed by atoms with van der Waals surface area (Å²) in [5, 5.41) is 3.00. The van der Waals surface area contributed by atoms with Gasteiger partial charge >= 0.3 is 12.1 Å². The number of anilines is 3. The van der Waals surface area contributed by atoms with Gasteiger partial charge in [0.15, 0.2) is 0 Å². The SMILES string of the molecule is COc1cc2nc(C)cn2cc1NC(=O)N1CCc2c(N3CCN(C(=O)OC(C)(C)C)C(C)(C)C3)ccnc21. The molecule has 5 heterocycles. The first-order valence-electron chi connectivity index (χ1n) is 13.2. The molecule has 0 bridgehead atoms. The Morgan fingerprint density at radius 3 is 2.59 bits per heavy atom. The van der Waals surface area contributed by atoms with E-state index in [0.717, 1.165) is 22.6 Å². The number of hydrogen-bond acceptors (Lipinski definition) is 7. The Labute approximate surface area is 228 Å². The third-order valence-corrected chi connectivity index (χ3v) is 7.09. The summed E-state index contributed by atoms with van der Waals surface area (Å²) in [6, 6.07) is 3.52. The fraction of sp³-hybridized carbons (Fsp3) is 0.500. The molecule has 3 aromatic rings. The number of hydrogen-bond donors (Lipinski definition) is 1. The number of ether oxygens (including phenoxy) is 2. The summed E-state index contributed by atoms with van der Waals surface area (Å²) < 4.78 is 13.0. The van der Waals surface area contributed by atoms with Crippen molar-refractivity contribution in [1.82, 2.24) is 19.3 Å². The van der Waals surface area contributed by atoms with Gasteiger partial charge in [0.2, 0.25) is 0 Å². The maximum absolute atomic E-state index is 13.4. The quantitative estimate of drug-likeness (QED) is 0.527. The summed E-state index contributed by atoms with van der Waals surface area (Å²) >= 11 is 0. The average molecular weight is 536 g/mol. The lowest BCUT2D eigenvalue weighted by Gasteiger charge is -2.48. The zero-order chi connectivity index (χ0) is 28.1. The van der Waals surface area contributed by atoms with Crippen LogP contribution in [-0.4, -0.2) is 75.8 Å². The van der Waals surface area contributed by atoms with E-state index in [9.17, 15) is 9.59 Å². The first kappa shape index (κ1) is 26.6. The van der Waals surface area contributed by atoms with Gasteiger partial charge < -0.3 is 24.1 Å². The highest BCUT2D eigenvalue weighted by Crippen LogP contribution is 2.37. The van der Waals surface area contributed by atoms with Crippen LogP contribution < -0.4 is 19.9 Å². The molecule has 0 radical (unpaired) electrons. The lowest BCUT2D eigenvalue weighted by Crippen LogP contribution is -2.62. The Kier molecular flexibility index (Phi) is 6.56. The van der Waals surface area contributed by atoms with E-state index in [1.807, 2.05) is 49.3 Å². The molecular formula is C28H37N7O4. The van der Waals surface area contributed by atoms with Crippen LogP contribution in [0.1, 0.15) is 45.9 Å². The number of fused-ring (bicyclic) bond motifs is 2. The number of nitrogens with zero attached hydrogens (tertiary/aromatic N) is 6. The number of imidazole rings is 1. The standard InChI is InChI=1S/C28H37N7O4/c1-18-15-33-16-20(22(38-7)14-23(33)30-18)31-25(36)34-11-9-19-21(8-10-29-24(19)34)32-12-13-35(28(5,6)17-32)26(37)39-27(2,3)4/h8,10,14-16H,9,11-13,17H2,1-7H3,(H,31,36). The zero-order valence-corrected chi connectivity index (χ0v) is 23.7. The molecule has 0 atom stereocenters. The minimum atomic E-state index is -0.548. The molecule has 0 aliphatic carbocycles. The van der Waals surface area contributed by atoms with Crippen molar-refractivity contribution in [2.45, 2.75) is 59.1 Å². The molecule has 3 amide bonds. The maximum atomic E-state index is 13.4. The second kappa shape index (κ2) is 9.62. The topological polar surface area (TPSA) is 105 Å². The number of pyridine rings is 2. The number of rotatable bonds is 3. The van der Waals surface area contributed by atoms with E-state index in [2.05, 4.69) is 34.0 Å². The van der Waals surface area contributed by atoms with Gasteiger partial charge in [-0.05, 0) is 54.0 Å². The summed E-state index contributed by atoms with van der Waals surface area (Å²) in [6.07, 6.45) is 5.84. The molecule has 3 aromatic heterocycles. The Balaban J connectivity index is 1.35. The van der Waals surface area contributed by atoms with Gasteiger partial charge in [-0.2, -0.15) is 0 Å². The largest absolute Gasteiger partial charge is 0.494 e. The van der Waals surface area contributed by atoms with E-state index in [1.54, 1.807) is 30.5 Å². The van der Waals surface area contributed by atoms with Crippen molar-refractivity contribution in [3.63, 3.8) is 0 Å². The molecule has 5 rings (SSSR count). The Bertz CT molecular complexity index is 1430. The van der Waals surface area contributed by atoms with Crippen LogP contribution in [-0.2, 0) is 11.2 Å². The minimum Gasteiger partial charge on any atom is -0.494 e. The normalized spacial score (nSPS) is 16.8. The third kappa shape index (κ3) is 5.17. The maximum Gasteiger partial charge on any atom is 0.410 e. The van der Waals surface area contributed by atoms with Gasteiger partial charge in [0.05, 0.1) is 18.3 Å². The molecule has 208 valence electrons. The van der Waals surface area contributed by atoms with Crippen molar-refractivity contribution in [3.8, 4) is 5.75 Å². The molecule has 1 saturated heterocycles. The second-order valence-electron chi connectivity index (χ2n) is 11.7. The predicted octanol–water partition coefficient (Wildman–Crippen LogP) is 4.48. The molecular weight excluding hydrogens is 498 g/mol. The van der Waals surface area contributed by atoms with Crippen molar-refractivity contribution in [2.75, 3.05) is 48.4 Å². The number of carbonyl (C=O) groups is 2. The van der Waals surface area contributed by atoms with Gasteiger partial charge in [0.1, 0.15) is 28.5 Å². The number of nitrogens with one attached hydrogen (secondary N) is 1. The molecule has 11 nitrogen and oxygen atoms in total. The Morgan fingerprint density at radius 2 is 1.90 bits per heavy atom. The zero-order valence-electron chi connectivity index (χ0n) is 23.7. The van der Waals surface area contributed by atoms with Gasteiger partial charge in [-0.15, -0.1) is 0 Å². The summed E-state index contributed by atoms with van der Waals surface area (Å²) in [5.74, 6) is 1.18. The monoisotopic (exact) mass is 535 g/mol. The van der Waals surface area contributed by atoms with Gasteiger partial charge in [-0.3, -0.25) is 9.80 Å². The molecule has 1 N–H and O–H groups in total. The highest BCUT2D eigenvalue weighted by molar-refractivity contribution is 6.03. The van der Waals surface area contributed by atoms with Crippen LogP contribution in [0.3, 0.4) is 0 Å². The number of aryl methyl sites for hydroxylation is 1. The van der Waals surface area contributed by atoms with Crippen LogP contribution in [0.5, 0.6) is 5.75 Å². The third-order valence-electron chi connectivity index (χ3n) is 7.09. The van der Waals surface area contributed by atoms with Crippen LogP contribution in [0.15, 0.2) is 30.7 Å². The molecule has 0 unspecified atom stereocenters. The fourth-order valence-electron chi connectivity index (χ4n) is 5.37. The van der Waals surface area contributed by atoms with E-state index >= 15 is 0 Å². The number of piperazine rings is 1. The van der Waals surface area contributed by atoms with Gasteiger partial charge in [0, 0.05) is 62.1 Å². The molecule has 39 heavy (non-hydrogen) atoms. The van der Waals surface area contributed by atoms with Crippen molar-refractivity contribution >= 4 is 35.0 Å². The van der Waals surface area contributed by atoms with Crippen molar-refractivity contribution in [2.24, 2.45) is 0 Å². The van der Waals surface area contributed by atoms with E-state index < -0.39 is 11.1 Å². The molecule has 2 aliphatic heterocycles. The average Bonchev–Trinajstić information content (AvgIpc) is 3.43. The Morgan fingerprint density at radius 1 is 1.13 bits per heavy atom. The van der Waals surface area contributed by atoms with Crippen LogP contribution in [0.25, 0.3) is 5.65 Å². The first-order chi connectivity index (χ1) is 18.4. The van der Waals surface area contributed by atoms with Crippen molar-refractivity contribution in [3.05, 3.63) is 42.0 Å². The van der Waals surface area contributed by atoms with Crippen LogP contribution in [0.4, 0.5) is 26.8 Å². The van der Waals surface area contributed by atoms with E-state index in [-0.39, 0.29) is 12.1 Å². The lowest BCUT2D eigenvalue weighted by molar-refractivity contribution is 0.000363. The first-order valence-corrected chi connectivity index (χ1v) is 13.2. The van der Waals surface area contributed by atoms with Gasteiger partial charge in [0.25, 0.3) is 0 Å². The highest BCUT2D eigenvalue weighted by Gasteiger charge is 2.40. The smallest absolute Gasteiger partial charge is 0.410 e. The molecule has 0 aromatic carbocycles. The minimum absolute atomic E-state index is 0.275. The van der Waals surface area contributed by atoms with Gasteiger partial charge in [-0.1, -0.05) is 0 Å². The molecule has 1 fully saturated rings. The van der Waals surface area contributed by atoms with Crippen molar-refractivity contribution in [1.29, 1.82) is 0 Å². The number of methoxy groups -OCH3 is 1. The van der Waals surface area contributed by atoms with Crippen molar-refractivity contribution < 1.29 is 19.1 Å². The summed E-state index contributed by atoms with van der Waals surface area (Å²) in [6.45, 7) is 14.0.